The third kappa shape index (κ3) is 5.10. The maximum absolute atomic E-state index is 12.9. The monoisotopic (exact) mass is 410 g/mol. The zero-order valence-corrected chi connectivity index (χ0v) is 18.5. The third-order valence-corrected chi connectivity index (χ3v) is 5.46. The molecule has 0 radical (unpaired) electrons. The number of anilines is 1. The molecule has 2 aromatic heterocycles. The molecular formula is C24H34N4O2. The molecule has 2 heterocycles. The molecule has 0 bridgehead atoms. The largest absolute Gasteiger partial charge is 0.462 e. The minimum Gasteiger partial charge on any atom is -0.462 e. The van der Waals surface area contributed by atoms with Crippen LogP contribution in [0, 0.1) is 5.92 Å². The smallest absolute Gasteiger partial charge is 0.344 e. The second kappa shape index (κ2) is 10.4. The Labute approximate surface area is 178 Å². The molecule has 2 N–H and O–H groups in total. The number of carbonyl (C=O) groups is 1. The number of ether oxygens (including phenoxy) is 1. The molecule has 0 unspecified atom stereocenters. The van der Waals surface area contributed by atoms with Crippen molar-refractivity contribution in [2.24, 2.45) is 5.92 Å². The molecule has 0 aliphatic rings. The lowest BCUT2D eigenvalue weighted by Gasteiger charge is -2.08. The molecule has 0 saturated carbocycles. The number of hydrogen-bond donors (Lipinski definition) is 1. The van der Waals surface area contributed by atoms with Crippen LogP contribution in [-0.2, 0) is 11.3 Å². The fraction of sp³-hybridized carbons (Fsp3) is 0.542. The van der Waals surface area contributed by atoms with E-state index in [1.54, 1.807) is 0 Å². The molecule has 3 aromatic rings. The first-order valence-corrected chi connectivity index (χ1v) is 11.2. The summed E-state index contributed by atoms with van der Waals surface area (Å²) in [5.41, 5.74) is 9.54. The van der Waals surface area contributed by atoms with Gasteiger partial charge in [-0.25, -0.2) is 14.8 Å². The van der Waals surface area contributed by atoms with Crippen LogP contribution in [0.2, 0.25) is 0 Å². The average molecular weight is 411 g/mol. The number of hydrogen-bond acceptors (Lipinski definition) is 5. The van der Waals surface area contributed by atoms with Crippen molar-refractivity contribution < 1.29 is 9.53 Å². The molecule has 0 spiro atoms. The Hall–Kier alpha value is -2.63. The quantitative estimate of drug-likeness (QED) is 0.322. The number of unbranched alkanes of at least 4 members (excludes halogenated alkanes) is 5. The lowest BCUT2D eigenvalue weighted by Crippen LogP contribution is -2.11. The van der Waals surface area contributed by atoms with Crippen molar-refractivity contribution >= 4 is 34.0 Å². The highest BCUT2D eigenvalue weighted by Gasteiger charge is 2.25. The van der Waals surface area contributed by atoms with E-state index in [1.165, 1.54) is 25.7 Å². The predicted octanol–water partition coefficient (Wildman–Crippen LogP) is 5.73. The number of benzene rings is 1. The Morgan fingerprint density at radius 2 is 1.73 bits per heavy atom. The minimum absolute atomic E-state index is 0.345. The Morgan fingerprint density at radius 1 is 1.07 bits per heavy atom. The summed E-state index contributed by atoms with van der Waals surface area (Å²) in [5.74, 6) is 0.459. The zero-order chi connectivity index (χ0) is 21.5. The Bertz CT molecular complexity index is 994. The highest BCUT2D eigenvalue weighted by Crippen LogP contribution is 2.29. The van der Waals surface area contributed by atoms with E-state index in [2.05, 4.69) is 20.8 Å². The molecule has 162 valence electrons. The number of nitrogens with two attached hydrogens (primary N) is 1. The van der Waals surface area contributed by atoms with Gasteiger partial charge in [-0.15, -0.1) is 0 Å². The van der Waals surface area contributed by atoms with E-state index < -0.39 is 5.97 Å². The molecule has 1 aromatic carbocycles. The summed E-state index contributed by atoms with van der Waals surface area (Å²) >= 11 is 0. The van der Waals surface area contributed by atoms with E-state index in [0.29, 0.717) is 35.1 Å². The lowest BCUT2D eigenvalue weighted by atomic mass is 10.1. The van der Waals surface area contributed by atoms with Crippen molar-refractivity contribution in [2.75, 3.05) is 12.3 Å². The molecule has 0 fully saturated rings. The van der Waals surface area contributed by atoms with Crippen LogP contribution < -0.4 is 5.73 Å². The number of aromatic nitrogens is 3. The minimum atomic E-state index is -0.413. The van der Waals surface area contributed by atoms with Crippen molar-refractivity contribution in [1.82, 2.24) is 14.5 Å². The van der Waals surface area contributed by atoms with E-state index in [9.17, 15) is 4.79 Å². The van der Waals surface area contributed by atoms with Crippen molar-refractivity contribution in [3.05, 3.63) is 29.8 Å². The molecular weight excluding hydrogens is 376 g/mol. The van der Waals surface area contributed by atoms with Gasteiger partial charge in [0.2, 0.25) is 0 Å². The average Bonchev–Trinajstić information content (AvgIpc) is 2.99. The number of rotatable bonds is 11. The summed E-state index contributed by atoms with van der Waals surface area (Å²) in [6, 6.07) is 7.69. The normalized spacial score (nSPS) is 11.6. The Kier molecular flexibility index (Phi) is 7.66. The van der Waals surface area contributed by atoms with Gasteiger partial charge in [0.15, 0.2) is 5.65 Å². The molecule has 0 saturated heterocycles. The standard InChI is InChI=1S/C24H34N4O2/c1-4-5-6-7-8-11-15-28-22(25)20(24(29)30-16-14-17(2)3)21-23(28)27-19-13-10-9-12-18(19)26-21/h9-10,12-13,17H,4-8,11,14-16,25H2,1-3H3. The van der Waals surface area contributed by atoms with Gasteiger partial charge in [-0.2, -0.15) is 0 Å². The van der Waals surface area contributed by atoms with Crippen LogP contribution >= 0.6 is 0 Å². The first kappa shape index (κ1) is 22.1. The fourth-order valence-corrected chi connectivity index (χ4v) is 3.65. The highest BCUT2D eigenvalue weighted by atomic mass is 16.5. The third-order valence-electron chi connectivity index (χ3n) is 5.46. The number of para-hydroxylation sites is 2. The van der Waals surface area contributed by atoms with Gasteiger partial charge in [-0.3, -0.25) is 0 Å². The number of nitrogen functional groups attached to an aromatic ring is 1. The maximum Gasteiger partial charge on any atom is 0.344 e. The van der Waals surface area contributed by atoms with E-state index in [0.717, 1.165) is 36.8 Å². The predicted molar refractivity (Wildman–Crippen MR) is 123 cm³/mol. The van der Waals surface area contributed by atoms with Gasteiger partial charge in [-0.05, 0) is 30.9 Å². The molecule has 6 heteroatoms. The van der Waals surface area contributed by atoms with E-state index in [4.69, 9.17) is 20.4 Å². The van der Waals surface area contributed by atoms with Gasteiger partial charge in [0.25, 0.3) is 0 Å². The number of carbonyl (C=O) groups excluding carboxylic acids is 1. The van der Waals surface area contributed by atoms with Crippen LogP contribution in [0.25, 0.3) is 22.2 Å². The van der Waals surface area contributed by atoms with E-state index in [-0.39, 0.29) is 0 Å². The van der Waals surface area contributed by atoms with Crippen molar-refractivity contribution in [1.29, 1.82) is 0 Å². The second-order valence-corrected chi connectivity index (χ2v) is 8.38. The van der Waals surface area contributed by atoms with Crippen molar-refractivity contribution in [3.8, 4) is 0 Å². The molecule has 0 aliphatic carbocycles. The van der Waals surface area contributed by atoms with Gasteiger partial charge in [0, 0.05) is 6.54 Å². The number of nitrogens with zero attached hydrogens (tertiary/aromatic N) is 3. The summed E-state index contributed by atoms with van der Waals surface area (Å²) in [6.07, 6.45) is 7.93. The molecule has 0 amide bonds. The summed E-state index contributed by atoms with van der Waals surface area (Å²) in [4.78, 5) is 22.4. The number of esters is 1. The van der Waals surface area contributed by atoms with Crippen LogP contribution in [-0.4, -0.2) is 27.1 Å². The number of fused-ring (bicyclic) bond motifs is 2. The van der Waals surface area contributed by atoms with Crippen LogP contribution in [0.1, 0.15) is 76.1 Å². The van der Waals surface area contributed by atoms with Gasteiger partial charge >= 0.3 is 5.97 Å². The lowest BCUT2D eigenvalue weighted by molar-refractivity contribution is 0.0491. The van der Waals surface area contributed by atoms with E-state index >= 15 is 0 Å². The molecule has 6 nitrogen and oxygen atoms in total. The number of aryl methyl sites for hydroxylation is 1. The van der Waals surface area contributed by atoms with Gasteiger partial charge in [0.1, 0.15) is 16.9 Å². The van der Waals surface area contributed by atoms with Crippen molar-refractivity contribution in [3.63, 3.8) is 0 Å². The summed E-state index contributed by atoms with van der Waals surface area (Å²) in [7, 11) is 0. The summed E-state index contributed by atoms with van der Waals surface area (Å²) in [5, 5.41) is 0. The fourth-order valence-electron chi connectivity index (χ4n) is 3.65. The van der Waals surface area contributed by atoms with Gasteiger partial charge in [-0.1, -0.05) is 65.0 Å². The summed E-state index contributed by atoms with van der Waals surface area (Å²) in [6.45, 7) is 7.53. The van der Waals surface area contributed by atoms with E-state index in [1.807, 2.05) is 28.8 Å². The molecule has 0 aliphatic heterocycles. The molecule has 0 atom stereocenters. The van der Waals surface area contributed by atoms with Crippen molar-refractivity contribution in [2.45, 2.75) is 72.3 Å². The Balaban J connectivity index is 1.90. The van der Waals surface area contributed by atoms with Gasteiger partial charge < -0.3 is 15.0 Å². The first-order chi connectivity index (χ1) is 14.5. The molecule has 3 rings (SSSR count). The zero-order valence-electron chi connectivity index (χ0n) is 18.5. The van der Waals surface area contributed by atoms with Crippen LogP contribution in [0.4, 0.5) is 5.82 Å². The van der Waals surface area contributed by atoms with Gasteiger partial charge in [0.05, 0.1) is 17.6 Å². The second-order valence-electron chi connectivity index (χ2n) is 8.38. The van der Waals surface area contributed by atoms with Crippen LogP contribution in [0.5, 0.6) is 0 Å². The SMILES string of the molecule is CCCCCCCCn1c(N)c(C(=O)OCCC(C)C)c2nc3ccccc3nc21. The topological polar surface area (TPSA) is 83.0 Å². The van der Waals surface area contributed by atoms with Crippen LogP contribution in [0.15, 0.2) is 24.3 Å². The first-order valence-electron chi connectivity index (χ1n) is 11.2. The molecule has 30 heavy (non-hydrogen) atoms. The van der Waals surface area contributed by atoms with Crippen LogP contribution in [0.3, 0.4) is 0 Å². The summed E-state index contributed by atoms with van der Waals surface area (Å²) < 4.78 is 7.46. The maximum atomic E-state index is 12.9. The Morgan fingerprint density at radius 3 is 2.43 bits per heavy atom. The highest BCUT2D eigenvalue weighted by molar-refractivity contribution is 6.08.